The highest BCUT2D eigenvalue weighted by Crippen LogP contribution is 2.29. The molecule has 0 saturated carbocycles. The second kappa shape index (κ2) is 6.17. The standard InChI is InChI=1S/C9H14F3N3O2S/c10-9(11,12)18-4-2-14-8(17)15-3-1-6(5-15)7(13)16/h6H,1-5H2,(H2,13,16)(H,14,17)/t6-/m0/s1. The lowest BCUT2D eigenvalue weighted by molar-refractivity contribution is -0.121. The fourth-order valence-corrected chi connectivity index (χ4v) is 2.05. The van der Waals surface area contributed by atoms with Crippen LogP contribution in [0.1, 0.15) is 6.42 Å². The number of alkyl halides is 3. The molecule has 104 valence electrons. The molecule has 5 nitrogen and oxygen atoms in total. The van der Waals surface area contributed by atoms with E-state index in [2.05, 4.69) is 5.32 Å². The third kappa shape index (κ3) is 5.03. The number of hydrogen-bond acceptors (Lipinski definition) is 3. The average Bonchev–Trinajstić information content (AvgIpc) is 2.72. The maximum atomic E-state index is 11.8. The van der Waals surface area contributed by atoms with Crippen molar-refractivity contribution in [2.75, 3.05) is 25.4 Å². The molecular formula is C9H14F3N3O2S. The van der Waals surface area contributed by atoms with Gasteiger partial charge in [0.05, 0.1) is 5.92 Å². The Hall–Kier alpha value is -1.12. The van der Waals surface area contributed by atoms with Gasteiger partial charge < -0.3 is 16.0 Å². The number of carbonyl (C=O) groups is 2. The molecule has 1 saturated heterocycles. The van der Waals surface area contributed by atoms with E-state index in [1.807, 2.05) is 0 Å². The summed E-state index contributed by atoms with van der Waals surface area (Å²) >= 11 is -0.184. The van der Waals surface area contributed by atoms with E-state index in [4.69, 9.17) is 5.73 Å². The largest absolute Gasteiger partial charge is 0.441 e. The number of amides is 3. The Bertz CT molecular complexity index is 325. The van der Waals surface area contributed by atoms with E-state index < -0.39 is 17.4 Å². The van der Waals surface area contributed by atoms with Crippen LogP contribution >= 0.6 is 11.8 Å². The maximum absolute atomic E-state index is 11.8. The molecule has 1 aliphatic heterocycles. The second-order valence-corrected chi connectivity index (χ2v) is 5.02. The first-order valence-corrected chi connectivity index (χ1v) is 6.31. The zero-order valence-electron chi connectivity index (χ0n) is 9.50. The molecule has 1 fully saturated rings. The second-order valence-electron chi connectivity index (χ2n) is 3.86. The molecule has 1 rings (SSSR count). The van der Waals surface area contributed by atoms with Crippen LogP contribution in [0.25, 0.3) is 0 Å². The zero-order valence-corrected chi connectivity index (χ0v) is 10.3. The number of nitrogens with zero attached hydrogens (tertiary/aromatic N) is 1. The highest BCUT2D eigenvalue weighted by Gasteiger charge is 2.30. The summed E-state index contributed by atoms with van der Waals surface area (Å²) in [6.45, 7) is 0.556. The smallest absolute Gasteiger partial charge is 0.369 e. The quantitative estimate of drug-likeness (QED) is 0.749. The van der Waals surface area contributed by atoms with Crippen LogP contribution in [0.2, 0.25) is 0 Å². The molecule has 3 N–H and O–H groups in total. The SMILES string of the molecule is NC(=O)[C@H]1CCN(C(=O)NCCSC(F)(F)F)C1. The Balaban J connectivity index is 2.20. The minimum Gasteiger partial charge on any atom is -0.369 e. The first-order chi connectivity index (χ1) is 8.29. The monoisotopic (exact) mass is 285 g/mol. The van der Waals surface area contributed by atoms with Crippen molar-refractivity contribution in [2.24, 2.45) is 11.7 Å². The lowest BCUT2D eigenvalue weighted by Gasteiger charge is -2.16. The van der Waals surface area contributed by atoms with Crippen molar-refractivity contribution >= 4 is 23.7 Å². The van der Waals surface area contributed by atoms with Gasteiger partial charge in [-0.3, -0.25) is 4.79 Å². The Morgan fingerprint density at radius 3 is 2.61 bits per heavy atom. The van der Waals surface area contributed by atoms with Gasteiger partial charge in [-0.2, -0.15) is 13.2 Å². The first kappa shape index (κ1) is 14.9. The molecule has 1 aliphatic rings. The summed E-state index contributed by atoms with van der Waals surface area (Å²) in [5.74, 6) is -1.05. The van der Waals surface area contributed by atoms with Gasteiger partial charge in [0.1, 0.15) is 0 Å². The van der Waals surface area contributed by atoms with Gasteiger partial charge in [-0.05, 0) is 18.2 Å². The molecule has 0 aromatic heterocycles. The van der Waals surface area contributed by atoms with Gasteiger partial charge in [0.15, 0.2) is 0 Å². The summed E-state index contributed by atoms with van der Waals surface area (Å²) < 4.78 is 35.4. The normalized spacial score (nSPS) is 19.9. The predicted octanol–water partition coefficient (Wildman–Crippen LogP) is 0.756. The van der Waals surface area contributed by atoms with Crippen LogP contribution in [0, 0.1) is 5.92 Å². The maximum Gasteiger partial charge on any atom is 0.441 e. The van der Waals surface area contributed by atoms with E-state index in [-0.39, 0.29) is 36.5 Å². The fraction of sp³-hybridized carbons (Fsp3) is 0.778. The van der Waals surface area contributed by atoms with Crippen molar-refractivity contribution in [1.82, 2.24) is 10.2 Å². The van der Waals surface area contributed by atoms with Gasteiger partial charge in [-0.1, -0.05) is 0 Å². The minimum absolute atomic E-state index is 0.0687. The third-order valence-corrected chi connectivity index (χ3v) is 3.26. The van der Waals surface area contributed by atoms with Gasteiger partial charge in [-0.25, -0.2) is 4.79 Å². The number of rotatable bonds is 4. The fourth-order valence-electron chi connectivity index (χ4n) is 1.61. The molecule has 0 aromatic rings. The Morgan fingerprint density at radius 2 is 2.11 bits per heavy atom. The van der Waals surface area contributed by atoms with E-state index in [0.717, 1.165) is 0 Å². The van der Waals surface area contributed by atoms with Crippen LogP contribution in [-0.4, -0.2) is 47.7 Å². The highest BCUT2D eigenvalue weighted by atomic mass is 32.2. The van der Waals surface area contributed by atoms with Crippen LogP contribution < -0.4 is 11.1 Å². The van der Waals surface area contributed by atoms with Gasteiger partial charge >= 0.3 is 11.5 Å². The van der Waals surface area contributed by atoms with E-state index >= 15 is 0 Å². The molecule has 0 aromatic carbocycles. The molecule has 1 atom stereocenters. The van der Waals surface area contributed by atoms with Crippen LogP contribution in [0.15, 0.2) is 0 Å². The molecular weight excluding hydrogens is 271 g/mol. The molecule has 3 amide bonds. The molecule has 0 spiro atoms. The minimum atomic E-state index is -4.28. The van der Waals surface area contributed by atoms with Crippen LogP contribution in [0.5, 0.6) is 0 Å². The Labute approximate surface area is 106 Å². The molecule has 1 heterocycles. The topological polar surface area (TPSA) is 75.4 Å². The van der Waals surface area contributed by atoms with E-state index in [1.165, 1.54) is 4.90 Å². The lowest BCUT2D eigenvalue weighted by Crippen LogP contribution is -2.40. The number of carbonyl (C=O) groups excluding carboxylic acids is 2. The summed E-state index contributed by atoms with van der Waals surface area (Å²) in [6.07, 6.45) is 0.500. The Kier molecular flexibility index (Phi) is 5.12. The van der Waals surface area contributed by atoms with E-state index in [9.17, 15) is 22.8 Å². The van der Waals surface area contributed by atoms with Gasteiger partial charge in [0.25, 0.3) is 0 Å². The first-order valence-electron chi connectivity index (χ1n) is 5.32. The van der Waals surface area contributed by atoms with Crippen molar-refractivity contribution in [2.45, 2.75) is 11.9 Å². The Morgan fingerprint density at radius 1 is 1.44 bits per heavy atom. The number of hydrogen-bond donors (Lipinski definition) is 2. The molecule has 18 heavy (non-hydrogen) atoms. The summed E-state index contributed by atoms with van der Waals surface area (Å²) in [5.41, 5.74) is 0.822. The van der Waals surface area contributed by atoms with Crippen LogP contribution in [-0.2, 0) is 4.79 Å². The summed E-state index contributed by atoms with van der Waals surface area (Å²) in [4.78, 5) is 23.8. The number of likely N-dealkylation sites (tertiary alicyclic amines) is 1. The van der Waals surface area contributed by atoms with E-state index in [1.54, 1.807) is 0 Å². The molecule has 0 bridgehead atoms. The lowest BCUT2D eigenvalue weighted by atomic mass is 10.1. The predicted molar refractivity (Wildman–Crippen MR) is 60.8 cm³/mol. The summed E-state index contributed by atoms with van der Waals surface area (Å²) in [7, 11) is 0. The van der Waals surface area contributed by atoms with E-state index in [0.29, 0.717) is 13.0 Å². The average molecular weight is 285 g/mol. The molecule has 0 aliphatic carbocycles. The van der Waals surface area contributed by atoms with Crippen LogP contribution in [0.4, 0.5) is 18.0 Å². The van der Waals surface area contributed by atoms with Crippen molar-refractivity contribution in [3.63, 3.8) is 0 Å². The number of primary amides is 1. The highest BCUT2D eigenvalue weighted by molar-refractivity contribution is 8.00. The van der Waals surface area contributed by atoms with Crippen LogP contribution in [0.3, 0.4) is 0 Å². The van der Waals surface area contributed by atoms with Gasteiger partial charge in [-0.15, -0.1) is 0 Å². The molecule has 0 radical (unpaired) electrons. The number of nitrogens with two attached hydrogens (primary N) is 1. The number of thioether (sulfide) groups is 1. The van der Waals surface area contributed by atoms with Crippen molar-refractivity contribution in [3.8, 4) is 0 Å². The molecule has 0 unspecified atom stereocenters. The summed E-state index contributed by atoms with van der Waals surface area (Å²) in [6, 6.07) is -0.457. The van der Waals surface area contributed by atoms with Gasteiger partial charge in [0, 0.05) is 25.4 Å². The van der Waals surface area contributed by atoms with Crippen molar-refractivity contribution < 1.29 is 22.8 Å². The zero-order chi connectivity index (χ0) is 13.8. The summed E-state index contributed by atoms with van der Waals surface area (Å²) in [5, 5.41) is 2.37. The van der Waals surface area contributed by atoms with Gasteiger partial charge in [0.2, 0.25) is 5.91 Å². The number of nitrogens with one attached hydrogen (secondary N) is 1. The molecule has 9 heteroatoms. The van der Waals surface area contributed by atoms with Crippen molar-refractivity contribution in [3.05, 3.63) is 0 Å². The van der Waals surface area contributed by atoms with Crippen molar-refractivity contribution in [1.29, 1.82) is 0 Å². The number of urea groups is 1. The number of halogens is 3. The third-order valence-electron chi connectivity index (χ3n) is 2.52.